The molecule has 0 saturated carbocycles. The van der Waals surface area contributed by atoms with E-state index in [4.69, 9.17) is 4.74 Å². The third kappa shape index (κ3) is 4.39. The summed E-state index contributed by atoms with van der Waals surface area (Å²) in [6, 6.07) is 16.6. The number of benzene rings is 2. The molecule has 7 heteroatoms. The van der Waals surface area contributed by atoms with E-state index in [-0.39, 0.29) is 5.82 Å². The number of rotatable bonds is 6. The summed E-state index contributed by atoms with van der Waals surface area (Å²) < 4.78 is 19.3. The third-order valence-electron chi connectivity index (χ3n) is 5.05. The summed E-state index contributed by atoms with van der Waals surface area (Å²) >= 11 is 0. The Morgan fingerprint density at radius 2 is 1.69 bits per heavy atom. The fraction of sp³-hybridized carbons (Fsp3) is 0.273. The Bertz CT molecular complexity index is 959. The summed E-state index contributed by atoms with van der Waals surface area (Å²) in [6.07, 6.45) is 1.73. The number of halogens is 1. The number of anilines is 3. The van der Waals surface area contributed by atoms with Gasteiger partial charge in [0.25, 0.3) is 0 Å². The van der Waals surface area contributed by atoms with E-state index in [1.807, 2.05) is 24.3 Å². The molecule has 4 rings (SSSR count). The van der Waals surface area contributed by atoms with Crippen molar-refractivity contribution in [1.29, 1.82) is 0 Å². The second kappa shape index (κ2) is 8.77. The lowest BCUT2D eigenvalue weighted by Gasteiger charge is -2.36. The van der Waals surface area contributed by atoms with Crippen LogP contribution in [0, 0.1) is 5.82 Å². The molecule has 0 bridgehead atoms. The predicted octanol–water partition coefficient (Wildman–Crippen LogP) is 3.56. The highest BCUT2D eigenvalue weighted by atomic mass is 19.1. The number of hydrogen-bond donors (Lipinski definition) is 1. The van der Waals surface area contributed by atoms with E-state index in [0.717, 1.165) is 37.6 Å². The summed E-state index contributed by atoms with van der Waals surface area (Å²) in [7, 11) is 1.70. The van der Waals surface area contributed by atoms with Crippen molar-refractivity contribution in [3.63, 3.8) is 0 Å². The standard InChI is InChI=1S/C22H24FN5O/c1-29-20-9-5-4-8-19(20)27-12-14-28(15-13-27)22-24-11-10-21(26-22)25-16-17-6-2-3-7-18(17)23/h2-11H,12-16H2,1H3,(H,24,25,26). The number of hydrogen-bond acceptors (Lipinski definition) is 6. The van der Waals surface area contributed by atoms with Crippen LogP contribution >= 0.6 is 0 Å². The van der Waals surface area contributed by atoms with Crippen molar-refractivity contribution < 1.29 is 9.13 Å². The highest BCUT2D eigenvalue weighted by molar-refractivity contribution is 5.59. The maximum Gasteiger partial charge on any atom is 0.227 e. The van der Waals surface area contributed by atoms with Crippen LogP contribution in [0.1, 0.15) is 5.56 Å². The van der Waals surface area contributed by atoms with Crippen LogP contribution in [0.25, 0.3) is 0 Å². The number of methoxy groups -OCH3 is 1. The van der Waals surface area contributed by atoms with E-state index < -0.39 is 0 Å². The summed E-state index contributed by atoms with van der Waals surface area (Å²) in [5, 5.41) is 3.19. The van der Waals surface area contributed by atoms with Gasteiger partial charge in [-0.25, -0.2) is 9.37 Å². The second-order valence-corrected chi connectivity index (χ2v) is 6.83. The highest BCUT2D eigenvalue weighted by Crippen LogP contribution is 2.28. The molecule has 1 aromatic heterocycles. The zero-order valence-corrected chi connectivity index (χ0v) is 16.4. The molecule has 0 radical (unpaired) electrons. The highest BCUT2D eigenvalue weighted by Gasteiger charge is 2.21. The van der Waals surface area contributed by atoms with E-state index in [9.17, 15) is 4.39 Å². The molecule has 0 aliphatic carbocycles. The molecule has 1 N–H and O–H groups in total. The fourth-order valence-electron chi connectivity index (χ4n) is 3.47. The van der Waals surface area contributed by atoms with Crippen molar-refractivity contribution in [3.8, 4) is 5.75 Å². The number of piperazine rings is 1. The van der Waals surface area contributed by atoms with E-state index in [0.29, 0.717) is 23.9 Å². The molecule has 29 heavy (non-hydrogen) atoms. The van der Waals surface area contributed by atoms with Gasteiger partial charge >= 0.3 is 0 Å². The maximum absolute atomic E-state index is 13.8. The molecule has 2 heterocycles. The number of ether oxygens (including phenoxy) is 1. The van der Waals surface area contributed by atoms with Crippen LogP contribution in [0.2, 0.25) is 0 Å². The van der Waals surface area contributed by atoms with Crippen LogP contribution in [0.3, 0.4) is 0 Å². The minimum atomic E-state index is -0.221. The fourth-order valence-corrected chi connectivity index (χ4v) is 3.47. The van der Waals surface area contributed by atoms with Crippen molar-refractivity contribution in [2.75, 3.05) is 48.4 Å². The van der Waals surface area contributed by atoms with Crippen molar-refractivity contribution in [2.45, 2.75) is 6.54 Å². The van der Waals surface area contributed by atoms with Gasteiger partial charge in [-0.15, -0.1) is 0 Å². The van der Waals surface area contributed by atoms with Crippen LogP contribution in [0.15, 0.2) is 60.8 Å². The minimum Gasteiger partial charge on any atom is -0.495 e. The summed E-state index contributed by atoms with van der Waals surface area (Å²) in [6.45, 7) is 3.72. The first-order chi connectivity index (χ1) is 14.2. The molecule has 0 atom stereocenters. The lowest BCUT2D eigenvalue weighted by molar-refractivity contribution is 0.413. The van der Waals surface area contributed by atoms with Gasteiger partial charge in [-0.3, -0.25) is 0 Å². The van der Waals surface area contributed by atoms with Crippen LogP contribution in [0.5, 0.6) is 5.75 Å². The molecule has 2 aromatic carbocycles. The first kappa shape index (κ1) is 19.0. The van der Waals surface area contributed by atoms with E-state index >= 15 is 0 Å². The first-order valence-corrected chi connectivity index (χ1v) is 9.68. The molecule has 150 valence electrons. The largest absolute Gasteiger partial charge is 0.495 e. The van der Waals surface area contributed by atoms with Crippen LogP contribution in [-0.2, 0) is 6.54 Å². The molecule has 0 amide bonds. The third-order valence-corrected chi connectivity index (χ3v) is 5.05. The van der Waals surface area contributed by atoms with Crippen LogP contribution in [-0.4, -0.2) is 43.3 Å². The smallest absolute Gasteiger partial charge is 0.227 e. The van der Waals surface area contributed by atoms with Crippen molar-refractivity contribution in [2.24, 2.45) is 0 Å². The van der Waals surface area contributed by atoms with E-state index in [1.54, 1.807) is 31.5 Å². The minimum absolute atomic E-state index is 0.221. The Morgan fingerprint density at radius 3 is 2.48 bits per heavy atom. The molecule has 1 saturated heterocycles. The molecular formula is C22H24FN5O. The zero-order chi connectivity index (χ0) is 20.1. The SMILES string of the molecule is COc1ccccc1N1CCN(c2nccc(NCc3ccccc3F)n2)CC1. The molecule has 3 aromatic rings. The van der Waals surface area contributed by atoms with Gasteiger partial charge in [-0.1, -0.05) is 30.3 Å². The quantitative estimate of drug-likeness (QED) is 0.691. The molecule has 6 nitrogen and oxygen atoms in total. The van der Waals surface area contributed by atoms with Gasteiger partial charge in [-0.2, -0.15) is 4.98 Å². The Kier molecular flexibility index (Phi) is 5.74. The number of aromatic nitrogens is 2. The van der Waals surface area contributed by atoms with Gasteiger partial charge < -0.3 is 19.9 Å². The molecule has 0 spiro atoms. The first-order valence-electron chi connectivity index (χ1n) is 9.68. The van der Waals surface area contributed by atoms with Gasteiger partial charge in [0.15, 0.2) is 0 Å². The number of nitrogens with one attached hydrogen (secondary N) is 1. The van der Waals surface area contributed by atoms with Crippen LogP contribution < -0.4 is 19.9 Å². The number of para-hydroxylation sites is 2. The maximum atomic E-state index is 13.8. The van der Waals surface area contributed by atoms with Gasteiger partial charge in [0.2, 0.25) is 5.95 Å². The predicted molar refractivity (Wildman–Crippen MR) is 113 cm³/mol. The van der Waals surface area contributed by atoms with Crippen LogP contribution in [0.4, 0.5) is 21.8 Å². The summed E-state index contributed by atoms with van der Waals surface area (Å²) in [5.74, 6) is 2.03. The van der Waals surface area contributed by atoms with Crippen molar-refractivity contribution in [1.82, 2.24) is 9.97 Å². The monoisotopic (exact) mass is 393 g/mol. The number of nitrogens with zero attached hydrogens (tertiary/aromatic N) is 4. The topological polar surface area (TPSA) is 53.5 Å². The van der Waals surface area contributed by atoms with E-state index in [1.165, 1.54) is 6.07 Å². The van der Waals surface area contributed by atoms with Gasteiger partial charge in [0.1, 0.15) is 17.4 Å². The normalized spacial score (nSPS) is 14.0. The average molecular weight is 393 g/mol. The Hall–Kier alpha value is -3.35. The summed E-state index contributed by atoms with van der Waals surface area (Å²) in [5.41, 5.74) is 1.72. The molecule has 1 fully saturated rings. The van der Waals surface area contributed by atoms with Gasteiger partial charge in [0, 0.05) is 44.5 Å². The van der Waals surface area contributed by atoms with Crippen molar-refractivity contribution in [3.05, 3.63) is 72.2 Å². The molecule has 1 aliphatic heterocycles. The summed E-state index contributed by atoms with van der Waals surface area (Å²) in [4.78, 5) is 13.5. The zero-order valence-electron chi connectivity index (χ0n) is 16.4. The lowest BCUT2D eigenvalue weighted by Crippen LogP contribution is -2.47. The Balaban J connectivity index is 1.39. The van der Waals surface area contributed by atoms with Gasteiger partial charge in [0.05, 0.1) is 12.8 Å². The molecule has 0 unspecified atom stereocenters. The Morgan fingerprint density at radius 1 is 0.966 bits per heavy atom. The van der Waals surface area contributed by atoms with Crippen molar-refractivity contribution >= 4 is 17.5 Å². The van der Waals surface area contributed by atoms with E-state index in [2.05, 4.69) is 31.2 Å². The average Bonchev–Trinajstić information content (AvgIpc) is 2.79. The molecular weight excluding hydrogens is 369 g/mol. The molecule has 1 aliphatic rings. The second-order valence-electron chi connectivity index (χ2n) is 6.83. The Labute approximate surface area is 170 Å². The van der Waals surface area contributed by atoms with Gasteiger partial charge in [-0.05, 0) is 24.3 Å². The lowest BCUT2D eigenvalue weighted by atomic mass is 10.2.